The number of aryl methyl sites for hydroxylation is 1. The van der Waals surface area contributed by atoms with Crippen molar-refractivity contribution in [3.05, 3.63) is 39.6 Å². The number of hydrogen-bond acceptors (Lipinski definition) is 4. The highest BCUT2D eigenvalue weighted by Gasteiger charge is 2.10. The molecule has 0 fully saturated rings. The Morgan fingerprint density at radius 2 is 2.29 bits per heavy atom. The average Bonchev–Trinajstić information content (AvgIpc) is 2.77. The van der Waals surface area contributed by atoms with Crippen molar-refractivity contribution in [3.63, 3.8) is 0 Å². The van der Waals surface area contributed by atoms with Gasteiger partial charge in [-0.3, -0.25) is 0 Å². The molecule has 0 amide bonds. The molecule has 0 spiro atoms. The van der Waals surface area contributed by atoms with Crippen LogP contribution in [0.25, 0.3) is 0 Å². The van der Waals surface area contributed by atoms with Gasteiger partial charge in [0.25, 0.3) is 0 Å². The predicted molar refractivity (Wildman–Crippen MR) is 72.8 cm³/mol. The normalized spacial score (nSPS) is 12.4. The Bertz CT molecular complexity index is 498. The molecule has 0 radical (unpaired) electrons. The van der Waals surface area contributed by atoms with Crippen LogP contribution in [0.15, 0.2) is 24.5 Å². The number of nitrogens with one attached hydrogen (secondary N) is 1. The molecular weight excluding hydrogens is 254 g/mol. The van der Waals surface area contributed by atoms with Crippen LogP contribution >= 0.6 is 22.9 Å². The first-order valence-electron chi connectivity index (χ1n) is 5.51. The number of nitrogens with zero attached hydrogens (tertiary/aromatic N) is 2. The monoisotopic (exact) mass is 267 g/mol. The van der Waals surface area contributed by atoms with E-state index in [1.165, 1.54) is 4.88 Å². The maximum absolute atomic E-state index is 5.84. The second-order valence-corrected chi connectivity index (χ2v) is 5.29. The van der Waals surface area contributed by atoms with Gasteiger partial charge in [-0.1, -0.05) is 18.5 Å². The van der Waals surface area contributed by atoms with Gasteiger partial charge in [0.05, 0.1) is 6.04 Å². The van der Waals surface area contributed by atoms with E-state index in [0.717, 1.165) is 17.1 Å². The summed E-state index contributed by atoms with van der Waals surface area (Å²) in [5.74, 6) is 0. The molecule has 1 atom stereocenters. The number of rotatable bonds is 4. The van der Waals surface area contributed by atoms with E-state index in [9.17, 15) is 0 Å². The van der Waals surface area contributed by atoms with Crippen molar-refractivity contribution < 1.29 is 0 Å². The SMILES string of the molecule is CCc1cnc(C(C)Nc2ccnc(Cl)c2)s1. The fourth-order valence-electron chi connectivity index (χ4n) is 1.49. The summed E-state index contributed by atoms with van der Waals surface area (Å²) >= 11 is 7.58. The summed E-state index contributed by atoms with van der Waals surface area (Å²) in [5, 5.41) is 4.95. The third-order valence-corrected chi connectivity index (χ3v) is 3.93. The van der Waals surface area contributed by atoms with Gasteiger partial charge < -0.3 is 5.32 Å². The summed E-state index contributed by atoms with van der Waals surface area (Å²) < 4.78 is 0. The minimum atomic E-state index is 0.179. The maximum atomic E-state index is 5.84. The first kappa shape index (κ1) is 12.3. The Balaban J connectivity index is 2.08. The quantitative estimate of drug-likeness (QED) is 0.853. The topological polar surface area (TPSA) is 37.8 Å². The zero-order valence-corrected chi connectivity index (χ0v) is 11.3. The lowest BCUT2D eigenvalue weighted by molar-refractivity contribution is 0.869. The van der Waals surface area contributed by atoms with Crippen LogP contribution in [0.3, 0.4) is 0 Å². The number of aromatic nitrogens is 2. The number of hydrogen-bond donors (Lipinski definition) is 1. The molecule has 2 heterocycles. The van der Waals surface area contributed by atoms with Crippen LogP contribution in [-0.2, 0) is 6.42 Å². The van der Waals surface area contributed by atoms with Crippen LogP contribution in [0.5, 0.6) is 0 Å². The highest BCUT2D eigenvalue weighted by Crippen LogP contribution is 2.24. The van der Waals surface area contributed by atoms with Gasteiger partial charge in [0, 0.05) is 23.0 Å². The van der Waals surface area contributed by atoms with Crippen LogP contribution in [-0.4, -0.2) is 9.97 Å². The van der Waals surface area contributed by atoms with Crippen LogP contribution in [0.1, 0.15) is 29.8 Å². The highest BCUT2D eigenvalue weighted by molar-refractivity contribution is 7.11. The van der Waals surface area contributed by atoms with E-state index in [1.807, 2.05) is 18.3 Å². The molecule has 0 aliphatic rings. The summed E-state index contributed by atoms with van der Waals surface area (Å²) in [5.41, 5.74) is 0.964. The number of halogens is 1. The predicted octanol–water partition coefficient (Wildman–Crippen LogP) is 3.93. The first-order valence-corrected chi connectivity index (χ1v) is 6.71. The minimum Gasteiger partial charge on any atom is -0.376 e. The zero-order chi connectivity index (χ0) is 12.3. The summed E-state index contributed by atoms with van der Waals surface area (Å²) in [4.78, 5) is 9.67. The molecule has 0 saturated heterocycles. The molecule has 2 aromatic heterocycles. The summed E-state index contributed by atoms with van der Waals surface area (Å²) in [6.07, 6.45) is 4.67. The van der Waals surface area contributed by atoms with Crippen molar-refractivity contribution in [1.82, 2.24) is 9.97 Å². The van der Waals surface area contributed by atoms with Crippen molar-refractivity contribution in [2.24, 2.45) is 0 Å². The third-order valence-electron chi connectivity index (χ3n) is 2.40. The van der Waals surface area contributed by atoms with Crippen molar-refractivity contribution in [2.75, 3.05) is 5.32 Å². The first-order chi connectivity index (χ1) is 8.19. The summed E-state index contributed by atoms with van der Waals surface area (Å²) in [6.45, 7) is 4.23. The molecule has 0 aromatic carbocycles. The van der Waals surface area contributed by atoms with Crippen molar-refractivity contribution >= 4 is 28.6 Å². The lowest BCUT2D eigenvalue weighted by atomic mass is 10.3. The standard InChI is InChI=1S/C12H14ClN3S/c1-3-10-7-15-12(17-10)8(2)16-9-4-5-14-11(13)6-9/h4-8H,3H2,1-2H3,(H,14,16). The van der Waals surface area contributed by atoms with Gasteiger partial charge in [-0.15, -0.1) is 11.3 Å². The minimum absolute atomic E-state index is 0.179. The van der Waals surface area contributed by atoms with Gasteiger partial charge in [-0.2, -0.15) is 0 Å². The van der Waals surface area contributed by atoms with Gasteiger partial charge >= 0.3 is 0 Å². The third kappa shape index (κ3) is 3.17. The summed E-state index contributed by atoms with van der Waals surface area (Å²) in [6, 6.07) is 3.89. The van der Waals surface area contributed by atoms with E-state index < -0.39 is 0 Å². The molecule has 5 heteroatoms. The summed E-state index contributed by atoms with van der Waals surface area (Å²) in [7, 11) is 0. The van der Waals surface area contributed by atoms with E-state index in [4.69, 9.17) is 11.6 Å². The van der Waals surface area contributed by atoms with E-state index in [0.29, 0.717) is 5.15 Å². The number of anilines is 1. The Kier molecular flexibility index (Phi) is 3.97. The smallest absolute Gasteiger partial charge is 0.131 e. The Labute approximate surface area is 110 Å². The Morgan fingerprint density at radius 3 is 2.94 bits per heavy atom. The highest BCUT2D eigenvalue weighted by atomic mass is 35.5. The van der Waals surface area contributed by atoms with Crippen molar-refractivity contribution in [1.29, 1.82) is 0 Å². The molecule has 0 saturated carbocycles. The molecule has 0 aliphatic heterocycles. The molecule has 17 heavy (non-hydrogen) atoms. The molecule has 3 nitrogen and oxygen atoms in total. The second kappa shape index (κ2) is 5.47. The van der Waals surface area contributed by atoms with Gasteiger partial charge in [-0.25, -0.2) is 9.97 Å². The van der Waals surface area contributed by atoms with Gasteiger partial charge in [0.15, 0.2) is 0 Å². The molecule has 2 aromatic rings. The molecular formula is C12H14ClN3S. The lowest BCUT2D eigenvalue weighted by Gasteiger charge is -2.12. The molecule has 1 N–H and O–H groups in total. The van der Waals surface area contributed by atoms with E-state index in [1.54, 1.807) is 17.5 Å². The van der Waals surface area contributed by atoms with Crippen LogP contribution in [0, 0.1) is 0 Å². The van der Waals surface area contributed by atoms with Gasteiger partial charge in [-0.05, 0) is 25.5 Å². The number of pyridine rings is 1. The Hall–Kier alpha value is -1.13. The lowest BCUT2D eigenvalue weighted by Crippen LogP contribution is -2.05. The van der Waals surface area contributed by atoms with E-state index >= 15 is 0 Å². The largest absolute Gasteiger partial charge is 0.376 e. The molecule has 1 unspecified atom stereocenters. The van der Waals surface area contributed by atoms with Gasteiger partial charge in [0.1, 0.15) is 10.2 Å². The average molecular weight is 268 g/mol. The fourth-order valence-corrected chi connectivity index (χ4v) is 2.52. The maximum Gasteiger partial charge on any atom is 0.131 e. The molecule has 0 aliphatic carbocycles. The van der Waals surface area contributed by atoms with Gasteiger partial charge in [0.2, 0.25) is 0 Å². The van der Waals surface area contributed by atoms with Crippen molar-refractivity contribution in [3.8, 4) is 0 Å². The van der Waals surface area contributed by atoms with E-state index in [2.05, 4.69) is 29.1 Å². The van der Waals surface area contributed by atoms with Crippen LogP contribution < -0.4 is 5.32 Å². The molecule has 90 valence electrons. The fraction of sp³-hybridized carbons (Fsp3) is 0.333. The Morgan fingerprint density at radius 1 is 1.47 bits per heavy atom. The van der Waals surface area contributed by atoms with E-state index in [-0.39, 0.29) is 6.04 Å². The van der Waals surface area contributed by atoms with Crippen molar-refractivity contribution in [2.45, 2.75) is 26.3 Å². The molecule has 0 bridgehead atoms. The molecule has 2 rings (SSSR count). The second-order valence-electron chi connectivity index (χ2n) is 3.75. The zero-order valence-electron chi connectivity index (χ0n) is 9.77. The van der Waals surface area contributed by atoms with Crippen LogP contribution in [0.2, 0.25) is 5.15 Å². The number of thiazole rings is 1. The van der Waals surface area contributed by atoms with Crippen LogP contribution in [0.4, 0.5) is 5.69 Å².